The molecule has 2 aromatic carbocycles. The fourth-order valence-electron chi connectivity index (χ4n) is 4.97. The first-order valence-electron chi connectivity index (χ1n) is 13.0. The minimum Gasteiger partial charge on any atom is -0.380 e. The van der Waals surface area contributed by atoms with E-state index in [1.165, 1.54) is 37.8 Å². The molecule has 0 bridgehead atoms. The topological polar surface area (TPSA) is 103 Å². The van der Waals surface area contributed by atoms with Crippen molar-refractivity contribution in [2.24, 2.45) is 11.7 Å². The van der Waals surface area contributed by atoms with E-state index >= 15 is 0 Å². The molecule has 1 saturated heterocycles. The predicted octanol–water partition coefficient (Wildman–Crippen LogP) is 3.92. The molecule has 2 unspecified atom stereocenters. The maximum Gasteiger partial charge on any atom is 0.252 e. The van der Waals surface area contributed by atoms with E-state index in [2.05, 4.69) is 50.8 Å². The molecule has 0 aromatic heterocycles. The van der Waals surface area contributed by atoms with Crippen molar-refractivity contribution in [1.29, 1.82) is 0 Å². The van der Waals surface area contributed by atoms with Crippen molar-refractivity contribution in [1.82, 2.24) is 16.0 Å². The lowest BCUT2D eigenvalue weighted by Crippen LogP contribution is -2.38. The lowest BCUT2D eigenvalue weighted by molar-refractivity contribution is -0.114. The highest BCUT2D eigenvalue weighted by atomic mass is 16.1. The third-order valence-electron chi connectivity index (χ3n) is 7.15. The summed E-state index contributed by atoms with van der Waals surface area (Å²) in [6.45, 7) is 2.80. The van der Waals surface area contributed by atoms with Crippen molar-refractivity contribution in [3.05, 3.63) is 95.0 Å². The van der Waals surface area contributed by atoms with Crippen molar-refractivity contribution in [2.45, 2.75) is 44.8 Å². The van der Waals surface area contributed by atoms with E-state index in [1.807, 2.05) is 36.4 Å². The molecule has 5 rings (SSSR count). The van der Waals surface area contributed by atoms with Crippen molar-refractivity contribution < 1.29 is 4.79 Å². The second-order valence-electron chi connectivity index (χ2n) is 9.75. The Balaban J connectivity index is 1.23. The van der Waals surface area contributed by atoms with Crippen molar-refractivity contribution >= 4 is 17.3 Å². The van der Waals surface area contributed by atoms with Crippen molar-refractivity contribution in [3.8, 4) is 0 Å². The lowest BCUT2D eigenvalue weighted by Gasteiger charge is -2.32. The highest BCUT2D eigenvalue weighted by molar-refractivity contribution is 5.96. The van der Waals surface area contributed by atoms with Gasteiger partial charge in [-0.15, -0.1) is 0 Å². The van der Waals surface area contributed by atoms with Crippen LogP contribution in [0.25, 0.3) is 0 Å². The van der Waals surface area contributed by atoms with Crippen LogP contribution in [0.5, 0.6) is 0 Å². The summed E-state index contributed by atoms with van der Waals surface area (Å²) < 4.78 is 0. The fraction of sp³-hybridized carbons (Fsp3) is 0.345. The van der Waals surface area contributed by atoms with Gasteiger partial charge in [-0.3, -0.25) is 4.79 Å². The van der Waals surface area contributed by atoms with Gasteiger partial charge in [0.1, 0.15) is 6.17 Å². The number of carbonyl (C=O) groups excluding carboxylic acids is 1. The number of benzene rings is 2. The van der Waals surface area contributed by atoms with Gasteiger partial charge in [0.2, 0.25) is 0 Å². The van der Waals surface area contributed by atoms with E-state index in [0.29, 0.717) is 18.0 Å². The Morgan fingerprint density at radius 2 is 1.78 bits per heavy atom. The van der Waals surface area contributed by atoms with Crippen molar-refractivity contribution in [3.63, 3.8) is 0 Å². The molecule has 188 valence electrons. The second-order valence-corrected chi connectivity index (χ2v) is 9.75. The van der Waals surface area contributed by atoms with Gasteiger partial charge in [-0.05, 0) is 74.6 Å². The van der Waals surface area contributed by atoms with E-state index < -0.39 is 5.91 Å². The van der Waals surface area contributed by atoms with E-state index in [1.54, 1.807) is 11.8 Å². The van der Waals surface area contributed by atoms with Gasteiger partial charge < -0.3 is 32.3 Å². The summed E-state index contributed by atoms with van der Waals surface area (Å²) in [6, 6.07) is 18.5. The number of carbonyl (C=O) groups is 1. The number of rotatable bonds is 9. The molecule has 3 aliphatic rings. The summed E-state index contributed by atoms with van der Waals surface area (Å²) in [5.74, 6) is 0.115. The summed E-state index contributed by atoms with van der Waals surface area (Å²) in [7, 11) is 0. The molecule has 36 heavy (non-hydrogen) atoms. The Bertz CT molecular complexity index is 1140. The van der Waals surface area contributed by atoms with E-state index in [4.69, 9.17) is 5.73 Å². The predicted molar refractivity (Wildman–Crippen MR) is 146 cm³/mol. The summed E-state index contributed by atoms with van der Waals surface area (Å²) >= 11 is 0. The smallest absolute Gasteiger partial charge is 0.252 e. The van der Waals surface area contributed by atoms with Gasteiger partial charge in [0.05, 0.1) is 5.57 Å². The van der Waals surface area contributed by atoms with Gasteiger partial charge in [-0.25, -0.2) is 0 Å². The van der Waals surface area contributed by atoms with E-state index in [0.717, 1.165) is 35.7 Å². The first-order chi connectivity index (χ1) is 17.7. The van der Waals surface area contributed by atoms with Crippen molar-refractivity contribution in [2.75, 3.05) is 23.7 Å². The van der Waals surface area contributed by atoms with Crippen LogP contribution in [-0.2, 0) is 11.3 Å². The van der Waals surface area contributed by atoms with Crippen LogP contribution in [0.15, 0.2) is 89.4 Å². The second kappa shape index (κ2) is 11.4. The Kier molecular flexibility index (Phi) is 7.57. The molecular weight excluding hydrogens is 448 g/mol. The monoisotopic (exact) mass is 484 g/mol. The molecule has 7 heteroatoms. The number of primary amides is 1. The fourth-order valence-corrected chi connectivity index (χ4v) is 4.97. The summed E-state index contributed by atoms with van der Waals surface area (Å²) in [5, 5.41) is 17.4. The molecule has 1 saturated carbocycles. The highest BCUT2D eigenvalue weighted by Gasteiger charge is 2.24. The number of amides is 1. The molecule has 2 heterocycles. The molecule has 2 fully saturated rings. The van der Waals surface area contributed by atoms with Gasteiger partial charge in [-0.2, -0.15) is 0 Å². The van der Waals surface area contributed by atoms with Crippen LogP contribution in [0.4, 0.5) is 11.4 Å². The summed E-state index contributed by atoms with van der Waals surface area (Å²) in [6.07, 6.45) is 9.70. The van der Waals surface area contributed by atoms with Gasteiger partial charge in [0.25, 0.3) is 5.91 Å². The molecule has 7 N–H and O–H groups in total. The average Bonchev–Trinajstić information content (AvgIpc) is 2.88. The van der Waals surface area contributed by atoms with Crippen LogP contribution >= 0.6 is 0 Å². The van der Waals surface area contributed by atoms with Crippen LogP contribution in [0.2, 0.25) is 0 Å². The zero-order valence-electron chi connectivity index (χ0n) is 20.6. The zero-order valence-corrected chi connectivity index (χ0v) is 20.6. The molecule has 1 aliphatic carbocycles. The summed E-state index contributed by atoms with van der Waals surface area (Å²) in [5.41, 5.74) is 13.0. The molecule has 1 amide bonds. The number of allylic oxidation sites excluding steroid dienone is 1. The maximum absolute atomic E-state index is 12.0. The summed E-state index contributed by atoms with van der Waals surface area (Å²) in [4.78, 5) is 12.0. The van der Waals surface area contributed by atoms with E-state index in [-0.39, 0.29) is 6.17 Å². The van der Waals surface area contributed by atoms with Gasteiger partial charge >= 0.3 is 0 Å². The number of hydrogen-bond acceptors (Lipinski definition) is 6. The normalized spacial score (nSPS) is 21.3. The van der Waals surface area contributed by atoms with Crippen LogP contribution < -0.4 is 32.3 Å². The van der Waals surface area contributed by atoms with Crippen LogP contribution in [-0.4, -0.2) is 25.2 Å². The number of anilines is 2. The molecule has 7 nitrogen and oxygen atoms in total. The quantitative estimate of drug-likeness (QED) is 0.323. The number of nitrogens with two attached hydrogens (primary N) is 1. The standard InChI is InChI=1S/C29H36N6O/c30-29(36)25-19-33-27(16-26(25)32-17-20-6-2-1-3-7-20)34-23-11-13-24(14-12-23)35-28(21-8-4-9-21)22-10-5-15-31-18-22/h1-3,6-7,11-14,16,19,22,27,31-35H,4-5,8-10,15,17-18H2,(H2,30,36). The van der Waals surface area contributed by atoms with Crippen LogP contribution in [0.1, 0.15) is 37.7 Å². The lowest BCUT2D eigenvalue weighted by atomic mass is 9.84. The number of piperidine rings is 1. The molecular formula is C29H36N6O. The molecule has 2 atom stereocenters. The SMILES string of the molecule is NC(=O)C1=CNC(Nc2ccc(NC(=C3CCC3)C3CCCNC3)cc2)C=C1NCc1ccccc1. The molecule has 2 aliphatic heterocycles. The first kappa shape index (κ1) is 24.0. The van der Waals surface area contributed by atoms with Gasteiger partial charge in [-0.1, -0.05) is 35.9 Å². The Morgan fingerprint density at radius 3 is 2.44 bits per heavy atom. The van der Waals surface area contributed by atoms with Gasteiger partial charge in [0, 0.05) is 48.0 Å². The minimum atomic E-state index is -0.465. The number of dihydropyridines is 1. The number of hydrogen-bond donors (Lipinski definition) is 6. The van der Waals surface area contributed by atoms with E-state index in [9.17, 15) is 4.79 Å². The Hall–Kier alpha value is -3.71. The number of nitrogens with one attached hydrogen (secondary N) is 5. The molecule has 0 spiro atoms. The molecule has 0 radical (unpaired) electrons. The highest BCUT2D eigenvalue weighted by Crippen LogP contribution is 2.35. The first-order valence-corrected chi connectivity index (χ1v) is 13.0. The molecule has 2 aromatic rings. The van der Waals surface area contributed by atoms with Crippen LogP contribution in [0, 0.1) is 5.92 Å². The third kappa shape index (κ3) is 5.91. The Labute approximate surface area is 213 Å². The minimum absolute atomic E-state index is 0.175. The zero-order chi connectivity index (χ0) is 24.7. The third-order valence-corrected chi connectivity index (χ3v) is 7.15. The Morgan fingerprint density at radius 1 is 1.00 bits per heavy atom. The maximum atomic E-state index is 12.0. The van der Waals surface area contributed by atoms with Gasteiger partial charge in [0.15, 0.2) is 0 Å². The largest absolute Gasteiger partial charge is 0.380 e. The average molecular weight is 485 g/mol. The van der Waals surface area contributed by atoms with Crippen LogP contribution in [0.3, 0.4) is 0 Å².